The van der Waals surface area contributed by atoms with E-state index >= 15 is 0 Å². The molecule has 0 radical (unpaired) electrons. The second-order valence-corrected chi connectivity index (χ2v) is 7.11. The van der Waals surface area contributed by atoms with Gasteiger partial charge < -0.3 is 5.32 Å². The maximum Gasteiger partial charge on any atom is 0.267 e. The van der Waals surface area contributed by atoms with Gasteiger partial charge in [-0.05, 0) is 48.6 Å². The summed E-state index contributed by atoms with van der Waals surface area (Å²) in [4.78, 5) is 24.6. The molecule has 29 heavy (non-hydrogen) atoms. The van der Waals surface area contributed by atoms with Gasteiger partial charge in [0.05, 0.1) is 5.69 Å². The van der Waals surface area contributed by atoms with Crippen LogP contribution in [0.2, 0.25) is 0 Å². The van der Waals surface area contributed by atoms with Gasteiger partial charge in [0.1, 0.15) is 6.54 Å². The Bertz CT molecular complexity index is 1010. The SMILES string of the molecule is CCCCc1ccc(NC(=O)Cn2nc(-c3ccc(CC)cc3)ccc2=O)cc1. The Morgan fingerprint density at radius 1 is 0.931 bits per heavy atom. The summed E-state index contributed by atoms with van der Waals surface area (Å²) in [6.45, 7) is 4.14. The largest absolute Gasteiger partial charge is 0.324 e. The predicted octanol–water partition coefficient (Wildman–Crippen LogP) is 4.45. The summed E-state index contributed by atoms with van der Waals surface area (Å²) >= 11 is 0. The molecule has 0 bridgehead atoms. The number of carbonyl (C=O) groups is 1. The third-order valence-electron chi connectivity index (χ3n) is 4.87. The number of amides is 1. The molecule has 5 nitrogen and oxygen atoms in total. The van der Waals surface area contributed by atoms with E-state index in [1.807, 2.05) is 48.5 Å². The fourth-order valence-electron chi connectivity index (χ4n) is 3.10. The highest BCUT2D eigenvalue weighted by atomic mass is 16.2. The molecule has 1 aromatic heterocycles. The van der Waals surface area contributed by atoms with E-state index in [2.05, 4.69) is 24.3 Å². The van der Waals surface area contributed by atoms with Gasteiger partial charge in [0.2, 0.25) is 5.91 Å². The lowest BCUT2D eigenvalue weighted by molar-refractivity contribution is -0.117. The molecule has 0 spiro atoms. The molecule has 3 rings (SSSR count). The van der Waals surface area contributed by atoms with Crippen LogP contribution in [0.25, 0.3) is 11.3 Å². The normalized spacial score (nSPS) is 10.7. The molecule has 3 aromatic rings. The second kappa shape index (κ2) is 9.82. The number of hydrogen-bond donors (Lipinski definition) is 1. The predicted molar refractivity (Wildman–Crippen MR) is 117 cm³/mol. The smallest absolute Gasteiger partial charge is 0.267 e. The Morgan fingerprint density at radius 2 is 1.62 bits per heavy atom. The topological polar surface area (TPSA) is 64.0 Å². The van der Waals surface area contributed by atoms with E-state index in [-0.39, 0.29) is 18.0 Å². The third-order valence-corrected chi connectivity index (χ3v) is 4.87. The number of hydrogen-bond acceptors (Lipinski definition) is 3. The third kappa shape index (κ3) is 5.64. The first-order valence-corrected chi connectivity index (χ1v) is 10.1. The number of aryl methyl sites for hydroxylation is 2. The Balaban J connectivity index is 1.68. The van der Waals surface area contributed by atoms with Crippen LogP contribution in [-0.4, -0.2) is 15.7 Å². The van der Waals surface area contributed by atoms with E-state index in [0.717, 1.165) is 36.9 Å². The summed E-state index contributed by atoms with van der Waals surface area (Å²) in [6, 6.07) is 19.0. The Hall–Kier alpha value is -3.21. The lowest BCUT2D eigenvalue weighted by atomic mass is 10.1. The lowest BCUT2D eigenvalue weighted by Crippen LogP contribution is -2.29. The quantitative estimate of drug-likeness (QED) is 0.619. The molecule has 0 saturated carbocycles. The van der Waals surface area contributed by atoms with E-state index in [1.54, 1.807) is 6.07 Å². The van der Waals surface area contributed by atoms with Crippen LogP contribution < -0.4 is 10.9 Å². The Labute approximate surface area is 171 Å². The second-order valence-electron chi connectivity index (χ2n) is 7.11. The van der Waals surface area contributed by atoms with Crippen LogP contribution in [0.15, 0.2) is 65.5 Å². The number of rotatable bonds is 8. The molecule has 1 heterocycles. The van der Waals surface area contributed by atoms with Crippen molar-refractivity contribution in [2.24, 2.45) is 0 Å². The van der Waals surface area contributed by atoms with Gasteiger partial charge in [0, 0.05) is 17.3 Å². The molecule has 1 amide bonds. The number of carbonyl (C=O) groups excluding carboxylic acids is 1. The average Bonchev–Trinajstić information content (AvgIpc) is 2.75. The van der Waals surface area contributed by atoms with Crippen LogP contribution in [0, 0.1) is 0 Å². The van der Waals surface area contributed by atoms with Crippen LogP contribution in [0.5, 0.6) is 0 Å². The van der Waals surface area contributed by atoms with Crippen molar-refractivity contribution < 1.29 is 4.79 Å². The van der Waals surface area contributed by atoms with Gasteiger partial charge in [0.15, 0.2) is 0 Å². The highest BCUT2D eigenvalue weighted by molar-refractivity contribution is 5.90. The van der Waals surface area contributed by atoms with Crippen molar-refractivity contribution in [3.8, 4) is 11.3 Å². The van der Waals surface area contributed by atoms with Crippen LogP contribution in [0.3, 0.4) is 0 Å². The molecule has 0 atom stereocenters. The van der Waals surface area contributed by atoms with Crippen molar-refractivity contribution >= 4 is 11.6 Å². The monoisotopic (exact) mass is 389 g/mol. The highest BCUT2D eigenvalue weighted by Crippen LogP contribution is 2.16. The van der Waals surface area contributed by atoms with Crippen molar-refractivity contribution in [1.29, 1.82) is 0 Å². The number of nitrogens with one attached hydrogen (secondary N) is 1. The van der Waals surface area contributed by atoms with E-state index < -0.39 is 0 Å². The highest BCUT2D eigenvalue weighted by Gasteiger charge is 2.09. The van der Waals surface area contributed by atoms with Gasteiger partial charge in [-0.2, -0.15) is 5.10 Å². The molecule has 0 aliphatic carbocycles. The number of anilines is 1. The summed E-state index contributed by atoms with van der Waals surface area (Å²) < 4.78 is 1.20. The van der Waals surface area contributed by atoms with E-state index in [9.17, 15) is 9.59 Å². The molecule has 0 aliphatic heterocycles. The molecule has 5 heteroatoms. The van der Waals surface area contributed by atoms with Crippen LogP contribution in [0.4, 0.5) is 5.69 Å². The molecule has 0 aliphatic rings. The lowest BCUT2D eigenvalue weighted by Gasteiger charge is -2.09. The Kier molecular flexibility index (Phi) is 6.95. The summed E-state index contributed by atoms with van der Waals surface area (Å²) in [7, 11) is 0. The molecular weight excluding hydrogens is 362 g/mol. The minimum atomic E-state index is -0.302. The maximum absolute atomic E-state index is 12.4. The molecule has 1 N–H and O–H groups in total. The molecule has 0 fully saturated rings. The zero-order valence-corrected chi connectivity index (χ0v) is 17.0. The zero-order chi connectivity index (χ0) is 20.6. The zero-order valence-electron chi connectivity index (χ0n) is 17.0. The van der Waals surface area contributed by atoms with Crippen molar-refractivity contribution in [3.63, 3.8) is 0 Å². The van der Waals surface area contributed by atoms with E-state index in [4.69, 9.17) is 0 Å². The standard InChI is InChI=1S/C24H27N3O2/c1-3-5-6-19-9-13-21(14-10-19)25-23(28)17-27-24(29)16-15-22(26-27)20-11-7-18(4-2)8-12-20/h7-16H,3-6,17H2,1-2H3,(H,25,28). The van der Waals surface area contributed by atoms with Gasteiger partial charge in [-0.25, -0.2) is 4.68 Å². The van der Waals surface area contributed by atoms with Crippen molar-refractivity contribution in [2.45, 2.75) is 46.1 Å². The van der Waals surface area contributed by atoms with Gasteiger partial charge in [-0.1, -0.05) is 56.7 Å². The number of aromatic nitrogens is 2. The van der Waals surface area contributed by atoms with E-state index in [1.165, 1.54) is 21.9 Å². The molecule has 0 saturated heterocycles. The molecule has 150 valence electrons. The molecule has 2 aromatic carbocycles. The minimum Gasteiger partial charge on any atom is -0.324 e. The summed E-state index contributed by atoms with van der Waals surface area (Å²) in [6.07, 6.45) is 4.31. The first-order chi connectivity index (χ1) is 14.1. The minimum absolute atomic E-state index is 0.128. The van der Waals surface area contributed by atoms with Gasteiger partial charge in [-0.15, -0.1) is 0 Å². The van der Waals surface area contributed by atoms with Gasteiger partial charge in [-0.3, -0.25) is 9.59 Å². The first-order valence-electron chi connectivity index (χ1n) is 10.1. The van der Waals surface area contributed by atoms with Gasteiger partial charge in [0.25, 0.3) is 5.56 Å². The van der Waals surface area contributed by atoms with Crippen molar-refractivity contribution in [3.05, 3.63) is 82.1 Å². The maximum atomic E-state index is 12.4. The van der Waals surface area contributed by atoms with E-state index in [0.29, 0.717) is 5.69 Å². The fraction of sp³-hybridized carbons (Fsp3) is 0.292. The van der Waals surface area contributed by atoms with Crippen molar-refractivity contribution in [2.75, 3.05) is 5.32 Å². The average molecular weight is 389 g/mol. The summed E-state index contributed by atoms with van der Waals surface area (Å²) in [5, 5.41) is 7.21. The fourth-order valence-corrected chi connectivity index (χ4v) is 3.10. The number of nitrogens with zero attached hydrogens (tertiary/aromatic N) is 2. The Morgan fingerprint density at radius 3 is 2.28 bits per heavy atom. The molecular formula is C24H27N3O2. The molecule has 0 unspecified atom stereocenters. The van der Waals surface area contributed by atoms with Crippen LogP contribution in [0.1, 0.15) is 37.8 Å². The van der Waals surface area contributed by atoms with Crippen molar-refractivity contribution in [1.82, 2.24) is 9.78 Å². The van der Waals surface area contributed by atoms with Crippen LogP contribution >= 0.6 is 0 Å². The van der Waals surface area contributed by atoms with Gasteiger partial charge >= 0.3 is 0 Å². The summed E-state index contributed by atoms with van der Waals surface area (Å²) in [5.74, 6) is -0.278. The van der Waals surface area contributed by atoms with Crippen LogP contribution in [-0.2, 0) is 24.2 Å². The first kappa shape index (κ1) is 20.5. The number of benzene rings is 2. The number of unbranched alkanes of at least 4 members (excludes halogenated alkanes) is 1. The summed E-state index contributed by atoms with van der Waals surface area (Å²) in [5.41, 5.74) is 4.49.